The number of amides is 1. The van der Waals surface area contributed by atoms with E-state index in [1.165, 1.54) is 12.0 Å². The number of ether oxygens (including phenoxy) is 1. The Morgan fingerprint density at radius 3 is 2.89 bits per heavy atom. The van der Waals surface area contributed by atoms with Crippen LogP contribution in [-0.4, -0.2) is 35.0 Å². The normalized spacial score (nSPS) is 27.4. The maximum Gasteiger partial charge on any atom is 0.272 e. The smallest absolute Gasteiger partial charge is 0.272 e. The Balaban J connectivity index is 1.43. The van der Waals surface area contributed by atoms with Crippen molar-refractivity contribution in [3.63, 3.8) is 0 Å². The van der Waals surface area contributed by atoms with Crippen molar-refractivity contribution >= 4 is 5.91 Å². The van der Waals surface area contributed by atoms with Gasteiger partial charge in [0.15, 0.2) is 0 Å². The maximum absolute atomic E-state index is 13.4. The largest absolute Gasteiger partial charge is 0.493 e. The van der Waals surface area contributed by atoms with Crippen molar-refractivity contribution in [1.29, 1.82) is 0 Å². The van der Waals surface area contributed by atoms with Crippen LogP contribution in [0.5, 0.6) is 5.75 Å². The summed E-state index contributed by atoms with van der Waals surface area (Å²) in [6.07, 6.45) is 4.32. The molecular formula is C24H28N2O2. The Morgan fingerprint density at radius 2 is 2.04 bits per heavy atom. The number of pyridine rings is 1. The SMILES string of the molecule is CC1(C)C[C@@H]2C[C@@](C)(CN2C(=O)c2cccc(-c3ccc4c(c3)CCO4)n2)C1. The van der Waals surface area contributed by atoms with Crippen molar-refractivity contribution in [1.82, 2.24) is 9.88 Å². The number of nitrogens with zero attached hydrogens (tertiary/aromatic N) is 2. The van der Waals surface area contributed by atoms with E-state index in [4.69, 9.17) is 9.72 Å². The average molecular weight is 377 g/mol. The van der Waals surface area contributed by atoms with E-state index in [0.717, 1.165) is 49.4 Å². The number of rotatable bonds is 2. The van der Waals surface area contributed by atoms with Crippen molar-refractivity contribution in [3.05, 3.63) is 47.7 Å². The summed E-state index contributed by atoms with van der Waals surface area (Å²) >= 11 is 0. The van der Waals surface area contributed by atoms with Gasteiger partial charge >= 0.3 is 0 Å². The van der Waals surface area contributed by atoms with Crippen LogP contribution in [0.25, 0.3) is 11.3 Å². The number of aromatic nitrogens is 1. The second-order valence-corrected chi connectivity index (χ2v) is 9.98. The highest BCUT2D eigenvalue weighted by molar-refractivity contribution is 5.93. The first kappa shape index (κ1) is 17.7. The second kappa shape index (κ2) is 6.07. The van der Waals surface area contributed by atoms with Gasteiger partial charge in [0.05, 0.1) is 12.3 Å². The molecular weight excluding hydrogens is 348 g/mol. The summed E-state index contributed by atoms with van der Waals surface area (Å²) in [5.74, 6) is 1.05. The molecule has 0 unspecified atom stereocenters. The average Bonchev–Trinajstić information content (AvgIpc) is 3.21. The monoisotopic (exact) mass is 376 g/mol. The van der Waals surface area contributed by atoms with E-state index in [1.807, 2.05) is 30.3 Å². The molecule has 0 spiro atoms. The Hall–Kier alpha value is -2.36. The number of benzene rings is 1. The van der Waals surface area contributed by atoms with E-state index in [1.54, 1.807) is 0 Å². The summed E-state index contributed by atoms with van der Waals surface area (Å²) in [5, 5.41) is 0. The topological polar surface area (TPSA) is 42.4 Å². The van der Waals surface area contributed by atoms with Crippen molar-refractivity contribution in [2.45, 2.75) is 52.5 Å². The highest BCUT2D eigenvalue weighted by atomic mass is 16.5. The van der Waals surface area contributed by atoms with E-state index in [-0.39, 0.29) is 11.3 Å². The van der Waals surface area contributed by atoms with Crippen LogP contribution in [0.4, 0.5) is 0 Å². The maximum atomic E-state index is 13.4. The fourth-order valence-corrected chi connectivity index (χ4v) is 5.90. The minimum atomic E-state index is 0.0813. The third-order valence-electron chi connectivity index (χ3n) is 6.63. The summed E-state index contributed by atoms with van der Waals surface area (Å²) in [6.45, 7) is 8.60. The number of hydrogen-bond acceptors (Lipinski definition) is 3. The number of carbonyl (C=O) groups excluding carboxylic acids is 1. The van der Waals surface area contributed by atoms with Crippen molar-refractivity contribution in [2.24, 2.45) is 10.8 Å². The molecule has 28 heavy (non-hydrogen) atoms. The molecule has 4 heteroatoms. The van der Waals surface area contributed by atoms with Crippen LogP contribution in [0.15, 0.2) is 36.4 Å². The summed E-state index contributed by atoms with van der Waals surface area (Å²) in [4.78, 5) is 20.2. The van der Waals surface area contributed by atoms with Gasteiger partial charge in [-0.3, -0.25) is 4.79 Å². The molecule has 2 aromatic rings. The van der Waals surface area contributed by atoms with E-state index in [9.17, 15) is 4.79 Å². The van der Waals surface area contributed by atoms with E-state index in [0.29, 0.717) is 17.2 Å². The van der Waals surface area contributed by atoms with Crippen LogP contribution in [0.2, 0.25) is 0 Å². The lowest BCUT2D eigenvalue weighted by Crippen LogP contribution is -2.38. The van der Waals surface area contributed by atoms with Gasteiger partial charge < -0.3 is 9.64 Å². The first-order valence-corrected chi connectivity index (χ1v) is 10.4. The molecule has 3 aliphatic rings. The molecule has 0 N–H and O–H groups in total. The van der Waals surface area contributed by atoms with Crippen molar-refractivity contribution in [3.8, 4) is 17.0 Å². The Kier molecular flexibility index (Phi) is 3.84. The number of fused-ring (bicyclic) bond motifs is 3. The molecule has 1 saturated carbocycles. The molecule has 0 radical (unpaired) electrons. The van der Waals surface area contributed by atoms with Gasteiger partial charge in [-0.15, -0.1) is 0 Å². The molecule has 2 bridgehead atoms. The van der Waals surface area contributed by atoms with Gasteiger partial charge in [-0.1, -0.05) is 26.8 Å². The van der Waals surface area contributed by atoms with Gasteiger partial charge in [0, 0.05) is 24.6 Å². The van der Waals surface area contributed by atoms with Crippen LogP contribution in [-0.2, 0) is 6.42 Å². The van der Waals surface area contributed by atoms with Gasteiger partial charge in [0.25, 0.3) is 5.91 Å². The highest BCUT2D eigenvalue weighted by Crippen LogP contribution is 2.52. The Bertz CT molecular complexity index is 951. The third-order valence-corrected chi connectivity index (χ3v) is 6.63. The lowest BCUT2D eigenvalue weighted by Gasteiger charge is -2.39. The number of hydrogen-bond donors (Lipinski definition) is 0. The quantitative estimate of drug-likeness (QED) is 0.761. The first-order chi connectivity index (χ1) is 13.3. The molecule has 1 aromatic heterocycles. The fraction of sp³-hybridized carbons (Fsp3) is 0.500. The molecule has 4 nitrogen and oxygen atoms in total. The molecule has 2 fully saturated rings. The van der Waals surface area contributed by atoms with Gasteiger partial charge in [0.2, 0.25) is 0 Å². The van der Waals surface area contributed by atoms with E-state index in [2.05, 4.69) is 31.7 Å². The van der Waals surface area contributed by atoms with E-state index < -0.39 is 0 Å². The minimum absolute atomic E-state index is 0.0813. The zero-order valence-electron chi connectivity index (χ0n) is 17.0. The summed E-state index contributed by atoms with van der Waals surface area (Å²) in [7, 11) is 0. The van der Waals surface area contributed by atoms with Crippen LogP contribution < -0.4 is 4.74 Å². The summed E-state index contributed by atoms with van der Waals surface area (Å²) in [5.41, 5.74) is 4.22. The van der Waals surface area contributed by atoms with Crippen molar-refractivity contribution < 1.29 is 9.53 Å². The van der Waals surface area contributed by atoms with Crippen LogP contribution in [0, 0.1) is 10.8 Å². The van der Waals surface area contributed by atoms with Crippen LogP contribution in [0.3, 0.4) is 0 Å². The third kappa shape index (κ3) is 2.99. The fourth-order valence-electron chi connectivity index (χ4n) is 5.90. The molecule has 146 valence electrons. The van der Waals surface area contributed by atoms with Gasteiger partial charge in [-0.2, -0.15) is 0 Å². The molecule has 1 saturated heterocycles. The molecule has 3 heterocycles. The number of likely N-dealkylation sites (tertiary alicyclic amines) is 1. The molecule has 1 aliphatic carbocycles. The predicted molar refractivity (Wildman–Crippen MR) is 109 cm³/mol. The first-order valence-electron chi connectivity index (χ1n) is 10.4. The zero-order valence-corrected chi connectivity index (χ0v) is 17.0. The highest BCUT2D eigenvalue weighted by Gasteiger charge is 2.51. The second-order valence-electron chi connectivity index (χ2n) is 9.98. The predicted octanol–water partition coefficient (Wildman–Crippen LogP) is 4.72. The molecule has 5 rings (SSSR count). The molecule has 2 aliphatic heterocycles. The lowest BCUT2D eigenvalue weighted by molar-refractivity contribution is 0.0702. The van der Waals surface area contributed by atoms with E-state index >= 15 is 0 Å². The zero-order chi connectivity index (χ0) is 19.5. The summed E-state index contributed by atoms with van der Waals surface area (Å²) < 4.78 is 5.60. The summed E-state index contributed by atoms with van der Waals surface area (Å²) in [6, 6.07) is 12.3. The molecule has 2 atom stereocenters. The van der Waals surface area contributed by atoms with Gasteiger partial charge in [0.1, 0.15) is 11.4 Å². The molecule has 1 aromatic carbocycles. The standard InChI is InChI=1S/C24H28N2O2/c1-23(2)12-18-13-24(3,14-23)15-26(18)22(27)20-6-4-5-19(25-20)16-7-8-21-17(11-16)9-10-28-21/h4-8,11,18H,9-10,12-15H2,1-3H3/t18-,24-/m1/s1. The Morgan fingerprint density at radius 1 is 1.18 bits per heavy atom. The van der Waals surface area contributed by atoms with Crippen LogP contribution >= 0.6 is 0 Å². The van der Waals surface area contributed by atoms with Gasteiger partial charge in [-0.25, -0.2) is 4.98 Å². The van der Waals surface area contributed by atoms with Crippen LogP contribution in [0.1, 0.15) is 56.1 Å². The van der Waals surface area contributed by atoms with Gasteiger partial charge in [-0.05, 0) is 66.0 Å². The Labute approximate surface area is 166 Å². The van der Waals surface area contributed by atoms with Crippen molar-refractivity contribution in [2.75, 3.05) is 13.2 Å². The number of carbonyl (C=O) groups is 1. The minimum Gasteiger partial charge on any atom is -0.493 e. The lowest BCUT2D eigenvalue weighted by atomic mass is 9.65. The molecule has 1 amide bonds.